The molecular formula is C11H14N2O. The monoisotopic (exact) mass is 190 g/mol. The first-order valence-corrected chi connectivity index (χ1v) is 5.20. The van der Waals surface area contributed by atoms with Gasteiger partial charge in [-0.1, -0.05) is 0 Å². The predicted octanol–water partition coefficient (Wildman–Crippen LogP) is 1.07. The Morgan fingerprint density at radius 1 is 1.57 bits per heavy atom. The Balaban J connectivity index is 1.54. The van der Waals surface area contributed by atoms with Crippen molar-refractivity contribution in [1.82, 2.24) is 10.3 Å². The fraction of sp³-hybridized carbons (Fsp3) is 0.545. The van der Waals surface area contributed by atoms with Crippen molar-refractivity contribution in [2.24, 2.45) is 11.8 Å². The number of hydrogen-bond donors (Lipinski definition) is 1. The molecule has 14 heavy (non-hydrogen) atoms. The first kappa shape index (κ1) is 8.24. The second-order valence-electron chi connectivity index (χ2n) is 4.17. The summed E-state index contributed by atoms with van der Waals surface area (Å²) in [6, 6.07) is 4.42. The molecule has 0 bridgehead atoms. The van der Waals surface area contributed by atoms with Crippen LogP contribution in [0.15, 0.2) is 24.5 Å². The van der Waals surface area contributed by atoms with Crippen LogP contribution in [-0.2, 0) is 0 Å². The van der Waals surface area contributed by atoms with Gasteiger partial charge in [0.1, 0.15) is 12.4 Å². The normalized spacial score (nSPS) is 33.9. The van der Waals surface area contributed by atoms with Gasteiger partial charge in [-0.2, -0.15) is 0 Å². The Bertz CT molecular complexity index is 314. The Morgan fingerprint density at radius 3 is 3.21 bits per heavy atom. The lowest BCUT2D eigenvalue weighted by Crippen LogP contribution is -2.32. The molecule has 0 amide bonds. The van der Waals surface area contributed by atoms with Crippen LogP contribution in [0.4, 0.5) is 0 Å². The predicted molar refractivity (Wildman–Crippen MR) is 53.1 cm³/mol. The summed E-state index contributed by atoms with van der Waals surface area (Å²) in [5.74, 6) is 2.70. The van der Waals surface area contributed by atoms with E-state index in [1.807, 2.05) is 12.1 Å². The van der Waals surface area contributed by atoms with Crippen molar-refractivity contribution in [3.05, 3.63) is 24.5 Å². The van der Waals surface area contributed by atoms with Gasteiger partial charge in [0.25, 0.3) is 0 Å². The second kappa shape index (κ2) is 3.24. The van der Waals surface area contributed by atoms with Gasteiger partial charge in [0, 0.05) is 12.2 Å². The number of piperidine rings is 1. The maximum atomic E-state index is 5.66. The fourth-order valence-corrected chi connectivity index (χ4v) is 2.25. The minimum atomic E-state index is 0.570. The van der Waals surface area contributed by atoms with Gasteiger partial charge in [-0.15, -0.1) is 0 Å². The summed E-state index contributed by atoms with van der Waals surface area (Å²) >= 11 is 0. The van der Waals surface area contributed by atoms with Crippen LogP contribution in [0, 0.1) is 11.8 Å². The lowest BCUT2D eigenvalue weighted by Gasteiger charge is -2.13. The van der Waals surface area contributed by atoms with E-state index in [1.165, 1.54) is 13.0 Å². The van der Waals surface area contributed by atoms with E-state index in [4.69, 9.17) is 4.74 Å². The fourth-order valence-electron chi connectivity index (χ4n) is 2.25. The van der Waals surface area contributed by atoms with Crippen LogP contribution in [0.3, 0.4) is 0 Å². The number of nitrogens with one attached hydrogen (secondary N) is 1. The van der Waals surface area contributed by atoms with Crippen LogP contribution >= 0.6 is 0 Å². The van der Waals surface area contributed by atoms with Gasteiger partial charge in [0.05, 0.1) is 6.20 Å². The summed E-state index contributed by atoms with van der Waals surface area (Å²) < 4.78 is 5.66. The van der Waals surface area contributed by atoms with Crippen molar-refractivity contribution in [3.8, 4) is 5.75 Å². The Hall–Kier alpha value is -1.09. The molecule has 2 fully saturated rings. The number of aromatic nitrogens is 1. The molecule has 0 aromatic carbocycles. The van der Waals surface area contributed by atoms with Crippen LogP contribution in [-0.4, -0.2) is 24.2 Å². The minimum absolute atomic E-state index is 0.570. The highest BCUT2D eigenvalue weighted by molar-refractivity contribution is 5.16. The lowest BCUT2D eigenvalue weighted by atomic mass is 10.2. The SMILES string of the molecule is c1cncc(OC[C@H]2NC[C@@H]3C[C@@H]32)c1. The van der Waals surface area contributed by atoms with Crippen molar-refractivity contribution in [2.75, 3.05) is 13.2 Å². The van der Waals surface area contributed by atoms with Crippen LogP contribution < -0.4 is 10.1 Å². The van der Waals surface area contributed by atoms with E-state index in [0.29, 0.717) is 6.04 Å². The van der Waals surface area contributed by atoms with Gasteiger partial charge in [-0.25, -0.2) is 0 Å². The Morgan fingerprint density at radius 2 is 2.57 bits per heavy atom. The van der Waals surface area contributed by atoms with E-state index < -0.39 is 0 Å². The maximum Gasteiger partial charge on any atom is 0.137 e. The Labute approximate surface area is 83.5 Å². The third kappa shape index (κ3) is 1.48. The maximum absolute atomic E-state index is 5.66. The smallest absolute Gasteiger partial charge is 0.137 e. The van der Waals surface area contributed by atoms with Gasteiger partial charge in [-0.05, 0) is 36.9 Å². The summed E-state index contributed by atoms with van der Waals surface area (Å²) in [5, 5.41) is 3.48. The van der Waals surface area contributed by atoms with Crippen LogP contribution in [0.1, 0.15) is 6.42 Å². The molecule has 1 aromatic rings. The topological polar surface area (TPSA) is 34.1 Å². The molecule has 2 heterocycles. The van der Waals surface area contributed by atoms with Crippen LogP contribution in [0.2, 0.25) is 0 Å². The molecule has 1 aromatic heterocycles. The number of ether oxygens (including phenoxy) is 1. The minimum Gasteiger partial charge on any atom is -0.490 e. The summed E-state index contributed by atoms with van der Waals surface area (Å²) in [6.07, 6.45) is 4.92. The molecule has 0 spiro atoms. The van der Waals surface area contributed by atoms with Crippen molar-refractivity contribution < 1.29 is 4.74 Å². The zero-order valence-corrected chi connectivity index (χ0v) is 8.02. The molecule has 0 radical (unpaired) electrons. The van der Waals surface area contributed by atoms with Crippen molar-refractivity contribution >= 4 is 0 Å². The van der Waals surface area contributed by atoms with E-state index in [1.54, 1.807) is 12.4 Å². The average Bonchev–Trinajstić information content (AvgIpc) is 2.92. The largest absolute Gasteiger partial charge is 0.490 e. The Kier molecular flexibility index (Phi) is 1.91. The van der Waals surface area contributed by atoms with Gasteiger partial charge >= 0.3 is 0 Å². The molecular weight excluding hydrogens is 176 g/mol. The summed E-state index contributed by atoms with van der Waals surface area (Å²) in [7, 11) is 0. The third-order valence-electron chi connectivity index (χ3n) is 3.20. The molecule has 3 rings (SSSR count). The zero-order valence-electron chi connectivity index (χ0n) is 8.02. The van der Waals surface area contributed by atoms with E-state index in [2.05, 4.69) is 10.3 Å². The summed E-state index contributed by atoms with van der Waals surface area (Å²) in [5.41, 5.74) is 0. The standard InChI is InChI=1S/C11H14N2O/c1-2-9(6-12-3-1)14-7-11-10-4-8(10)5-13-11/h1-3,6,8,10-11,13H,4-5,7H2/t8-,10-,11+/m0/s1. The van der Waals surface area contributed by atoms with Gasteiger partial charge in [0.15, 0.2) is 0 Å². The first-order chi connectivity index (χ1) is 6.93. The number of rotatable bonds is 3. The van der Waals surface area contributed by atoms with Crippen LogP contribution in [0.5, 0.6) is 5.75 Å². The molecule has 1 aliphatic carbocycles. The molecule has 3 atom stereocenters. The molecule has 3 heteroatoms. The lowest BCUT2D eigenvalue weighted by molar-refractivity contribution is 0.263. The molecule has 3 nitrogen and oxygen atoms in total. The number of pyridine rings is 1. The molecule has 1 N–H and O–H groups in total. The molecule has 0 unspecified atom stereocenters. The molecule has 74 valence electrons. The van der Waals surface area contributed by atoms with Crippen LogP contribution in [0.25, 0.3) is 0 Å². The van der Waals surface area contributed by atoms with Gasteiger partial charge < -0.3 is 10.1 Å². The molecule has 1 saturated carbocycles. The van der Waals surface area contributed by atoms with Crippen molar-refractivity contribution in [1.29, 1.82) is 0 Å². The molecule has 2 aliphatic rings. The van der Waals surface area contributed by atoms with E-state index in [9.17, 15) is 0 Å². The highest BCUT2D eigenvalue weighted by atomic mass is 16.5. The van der Waals surface area contributed by atoms with E-state index >= 15 is 0 Å². The first-order valence-electron chi connectivity index (χ1n) is 5.20. The number of fused-ring (bicyclic) bond motifs is 1. The molecule has 1 aliphatic heterocycles. The molecule has 1 saturated heterocycles. The highest BCUT2D eigenvalue weighted by Gasteiger charge is 2.48. The quantitative estimate of drug-likeness (QED) is 0.774. The van der Waals surface area contributed by atoms with E-state index in [0.717, 1.165) is 24.2 Å². The van der Waals surface area contributed by atoms with Gasteiger partial charge in [0.2, 0.25) is 0 Å². The zero-order chi connectivity index (χ0) is 9.38. The summed E-state index contributed by atoms with van der Waals surface area (Å²) in [6.45, 7) is 1.97. The highest BCUT2D eigenvalue weighted by Crippen LogP contribution is 2.44. The van der Waals surface area contributed by atoms with Crippen molar-refractivity contribution in [3.63, 3.8) is 0 Å². The van der Waals surface area contributed by atoms with Gasteiger partial charge in [-0.3, -0.25) is 4.98 Å². The number of hydrogen-bond acceptors (Lipinski definition) is 3. The number of nitrogens with zero attached hydrogens (tertiary/aromatic N) is 1. The third-order valence-corrected chi connectivity index (χ3v) is 3.20. The summed E-state index contributed by atoms with van der Waals surface area (Å²) in [4.78, 5) is 4.01. The second-order valence-corrected chi connectivity index (χ2v) is 4.17. The average molecular weight is 190 g/mol. The van der Waals surface area contributed by atoms with Crippen molar-refractivity contribution in [2.45, 2.75) is 12.5 Å². The van der Waals surface area contributed by atoms with E-state index in [-0.39, 0.29) is 0 Å².